The number of ether oxygens (including phenoxy) is 1. The fraction of sp³-hybridized carbons (Fsp3) is 0.643. The van der Waals surface area contributed by atoms with E-state index < -0.39 is 23.9 Å². The second kappa shape index (κ2) is 5.10. The van der Waals surface area contributed by atoms with E-state index in [2.05, 4.69) is 10.2 Å². The minimum atomic E-state index is -4.30. The summed E-state index contributed by atoms with van der Waals surface area (Å²) in [5, 5.41) is 7.87. The molecular weight excluding hydrogens is 299 g/mol. The molecule has 1 aromatic heterocycles. The average Bonchev–Trinajstić information content (AvgIpc) is 3.26. The Labute approximate surface area is 125 Å². The number of aromatic nitrogens is 2. The fourth-order valence-electron chi connectivity index (χ4n) is 2.73. The summed E-state index contributed by atoms with van der Waals surface area (Å²) in [5.74, 6) is -0.113. The highest BCUT2D eigenvalue weighted by atomic mass is 19.4. The van der Waals surface area contributed by atoms with Gasteiger partial charge in [-0.2, -0.15) is 18.3 Å². The van der Waals surface area contributed by atoms with Crippen LogP contribution in [0.15, 0.2) is 6.07 Å². The number of hydrogen-bond acceptors (Lipinski definition) is 4. The first-order valence-corrected chi connectivity index (χ1v) is 7.09. The average molecular weight is 315 g/mol. The monoisotopic (exact) mass is 315 g/mol. The van der Waals surface area contributed by atoms with Gasteiger partial charge in [0, 0.05) is 37.6 Å². The van der Waals surface area contributed by atoms with Crippen molar-refractivity contribution in [3.8, 4) is 5.88 Å². The molecule has 1 aliphatic heterocycles. The molecule has 0 unspecified atom stereocenters. The number of halogens is 3. The number of alkyl halides is 3. The summed E-state index contributed by atoms with van der Waals surface area (Å²) >= 11 is 0. The second-order valence-corrected chi connectivity index (χ2v) is 5.88. The zero-order chi connectivity index (χ0) is 16.0. The van der Waals surface area contributed by atoms with Crippen LogP contribution in [0.5, 0.6) is 5.88 Å². The van der Waals surface area contributed by atoms with Crippen molar-refractivity contribution >= 4 is 5.91 Å². The van der Waals surface area contributed by atoms with E-state index in [9.17, 15) is 18.0 Å². The first-order chi connectivity index (χ1) is 10.3. The highest BCUT2D eigenvalue weighted by Gasteiger charge is 2.64. The van der Waals surface area contributed by atoms with Gasteiger partial charge in [0.15, 0.2) is 0 Å². The van der Waals surface area contributed by atoms with Gasteiger partial charge in [-0.15, -0.1) is 5.10 Å². The number of hydrogen-bond donors (Lipinski definition) is 0. The van der Waals surface area contributed by atoms with Crippen LogP contribution in [0.2, 0.25) is 0 Å². The van der Waals surface area contributed by atoms with Gasteiger partial charge < -0.3 is 9.64 Å². The molecule has 3 rings (SSSR count). The van der Waals surface area contributed by atoms with Gasteiger partial charge in [0.2, 0.25) is 11.8 Å². The normalized spacial score (nSPS) is 19.5. The topological polar surface area (TPSA) is 55.3 Å². The van der Waals surface area contributed by atoms with E-state index in [-0.39, 0.29) is 19.4 Å². The summed E-state index contributed by atoms with van der Waals surface area (Å²) in [4.78, 5) is 13.7. The fourth-order valence-corrected chi connectivity index (χ4v) is 2.73. The van der Waals surface area contributed by atoms with Crippen LogP contribution in [0.25, 0.3) is 0 Å². The highest BCUT2D eigenvalue weighted by molar-refractivity contribution is 5.77. The summed E-state index contributed by atoms with van der Waals surface area (Å²) in [6.07, 6.45) is -4.17. The Kier molecular flexibility index (Phi) is 3.49. The molecule has 2 aliphatic rings. The summed E-state index contributed by atoms with van der Waals surface area (Å²) < 4.78 is 43.9. The van der Waals surface area contributed by atoms with Gasteiger partial charge in [-0.25, -0.2) is 0 Å². The van der Waals surface area contributed by atoms with E-state index in [4.69, 9.17) is 4.74 Å². The Morgan fingerprint density at radius 2 is 2.14 bits per heavy atom. The third-order valence-electron chi connectivity index (χ3n) is 4.42. The molecule has 1 saturated carbocycles. The lowest BCUT2D eigenvalue weighted by atomic mass is 9.99. The maximum Gasteiger partial charge on any atom is 0.395 e. The van der Waals surface area contributed by atoms with E-state index in [1.54, 1.807) is 6.07 Å². The van der Waals surface area contributed by atoms with Crippen LogP contribution in [-0.2, 0) is 17.8 Å². The molecule has 1 aliphatic carbocycles. The first-order valence-electron chi connectivity index (χ1n) is 7.09. The van der Waals surface area contributed by atoms with Gasteiger partial charge in [-0.05, 0) is 12.8 Å². The van der Waals surface area contributed by atoms with E-state index in [0.717, 1.165) is 11.3 Å². The van der Waals surface area contributed by atoms with Gasteiger partial charge in [-0.1, -0.05) is 0 Å². The number of fused-ring (bicyclic) bond motifs is 1. The molecule has 1 aromatic rings. The maximum atomic E-state index is 13.0. The molecule has 2 heterocycles. The zero-order valence-corrected chi connectivity index (χ0v) is 12.1. The summed E-state index contributed by atoms with van der Waals surface area (Å²) in [7, 11) is 1.46. The number of methoxy groups -OCH3 is 1. The summed E-state index contributed by atoms with van der Waals surface area (Å²) in [6.45, 7) is 0.634. The molecule has 1 amide bonds. The Bertz CT molecular complexity index is 599. The molecule has 22 heavy (non-hydrogen) atoms. The molecule has 0 radical (unpaired) electrons. The Morgan fingerprint density at radius 1 is 1.41 bits per heavy atom. The Hall–Kier alpha value is -1.86. The molecule has 5 nitrogen and oxygen atoms in total. The molecule has 8 heteroatoms. The second-order valence-electron chi connectivity index (χ2n) is 5.88. The van der Waals surface area contributed by atoms with Crippen LogP contribution in [0.4, 0.5) is 13.2 Å². The molecule has 0 bridgehead atoms. The van der Waals surface area contributed by atoms with Crippen LogP contribution in [0, 0.1) is 5.41 Å². The molecule has 0 saturated heterocycles. The van der Waals surface area contributed by atoms with Crippen LogP contribution in [-0.4, -0.2) is 40.8 Å². The minimum absolute atomic E-state index is 0.0476. The SMILES string of the molecule is COc1cc2c(nn1)CCN(C(=O)CC1(C(F)(F)F)CC1)C2. The van der Waals surface area contributed by atoms with E-state index in [0.29, 0.717) is 18.8 Å². The predicted molar refractivity (Wildman–Crippen MR) is 70.0 cm³/mol. The Morgan fingerprint density at radius 3 is 2.73 bits per heavy atom. The van der Waals surface area contributed by atoms with Crippen LogP contribution >= 0.6 is 0 Å². The lowest BCUT2D eigenvalue weighted by Gasteiger charge is -2.30. The van der Waals surface area contributed by atoms with Gasteiger partial charge in [0.05, 0.1) is 18.2 Å². The smallest absolute Gasteiger partial charge is 0.395 e. The molecule has 0 N–H and O–H groups in total. The van der Waals surface area contributed by atoms with Gasteiger partial charge in [0.25, 0.3) is 0 Å². The summed E-state index contributed by atoms with van der Waals surface area (Å²) in [5.41, 5.74) is -0.247. The minimum Gasteiger partial charge on any atom is -0.480 e. The van der Waals surface area contributed by atoms with Crippen LogP contribution in [0.3, 0.4) is 0 Å². The number of carbonyl (C=O) groups is 1. The third-order valence-corrected chi connectivity index (χ3v) is 4.42. The van der Waals surface area contributed by atoms with Crippen molar-refractivity contribution in [2.24, 2.45) is 5.41 Å². The number of rotatable bonds is 3. The van der Waals surface area contributed by atoms with Crippen molar-refractivity contribution in [2.75, 3.05) is 13.7 Å². The quantitative estimate of drug-likeness (QED) is 0.857. The third kappa shape index (κ3) is 2.62. The summed E-state index contributed by atoms with van der Waals surface area (Å²) in [6, 6.07) is 1.68. The van der Waals surface area contributed by atoms with Crippen molar-refractivity contribution in [1.82, 2.24) is 15.1 Å². The van der Waals surface area contributed by atoms with Crippen LogP contribution in [0.1, 0.15) is 30.5 Å². The van der Waals surface area contributed by atoms with Crippen molar-refractivity contribution in [3.63, 3.8) is 0 Å². The van der Waals surface area contributed by atoms with Gasteiger partial charge in [0.1, 0.15) is 0 Å². The molecule has 0 aromatic carbocycles. The van der Waals surface area contributed by atoms with Gasteiger partial charge in [-0.3, -0.25) is 4.79 Å². The zero-order valence-electron chi connectivity index (χ0n) is 12.1. The van der Waals surface area contributed by atoms with Crippen molar-refractivity contribution in [1.29, 1.82) is 0 Å². The predicted octanol–water partition coefficient (Wildman–Crippen LogP) is 2.10. The maximum absolute atomic E-state index is 13.0. The van der Waals surface area contributed by atoms with Crippen molar-refractivity contribution < 1.29 is 22.7 Å². The largest absolute Gasteiger partial charge is 0.480 e. The molecule has 0 spiro atoms. The van der Waals surface area contributed by atoms with E-state index in [1.807, 2.05) is 0 Å². The van der Waals surface area contributed by atoms with E-state index in [1.165, 1.54) is 12.0 Å². The lowest BCUT2D eigenvalue weighted by Crippen LogP contribution is -2.39. The lowest BCUT2D eigenvalue weighted by molar-refractivity contribution is -0.192. The van der Waals surface area contributed by atoms with E-state index >= 15 is 0 Å². The standard InChI is InChI=1S/C14H16F3N3O2/c1-22-11-6-9-8-20(5-2-10(9)18-19-11)12(21)7-13(3-4-13)14(15,16)17/h6H,2-5,7-8H2,1H3. The molecule has 120 valence electrons. The van der Waals surface area contributed by atoms with Gasteiger partial charge >= 0.3 is 6.18 Å². The molecular formula is C14H16F3N3O2. The van der Waals surface area contributed by atoms with Crippen molar-refractivity contribution in [3.05, 3.63) is 17.3 Å². The van der Waals surface area contributed by atoms with Crippen molar-refractivity contribution in [2.45, 2.75) is 38.4 Å². The van der Waals surface area contributed by atoms with Crippen LogP contribution < -0.4 is 4.74 Å². The highest BCUT2D eigenvalue weighted by Crippen LogP contribution is 2.60. The number of carbonyl (C=O) groups excluding carboxylic acids is 1. The number of amides is 1. The molecule has 1 fully saturated rings. The Balaban J connectivity index is 1.70. The molecule has 0 atom stereocenters. The first kappa shape index (κ1) is 15.1. The number of nitrogens with zero attached hydrogens (tertiary/aromatic N) is 3.